The van der Waals surface area contributed by atoms with E-state index in [4.69, 9.17) is 17.7 Å². The highest BCUT2D eigenvalue weighted by Gasteiger charge is 2.34. The number of nitrogens with zero attached hydrogens (tertiary/aromatic N) is 2. The van der Waals surface area contributed by atoms with E-state index in [-0.39, 0.29) is 0 Å². The summed E-state index contributed by atoms with van der Waals surface area (Å²) in [5.74, 6) is 57.2. The van der Waals surface area contributed by atoms with Crippen LogP contribution in [-0.2, 0) is 17.7 Å². The van der Waals surface area contributed by atoms with E-state index in [0.29, 0.717) is 6.04 Å². The molecule has 0 atom stereocenters. The van der Waals surface area contributed by atoms with E-state index in [1.54, 1.807) is 28.1 Å². The lowest BCUT2D eigenvalue weighted by Gasteiger charge is -2.24. The minimum absolute atomic E-state index is 0.694. The monoisotopic (exact) mass is 710 g/mol. The molecule has 0 heterocycles. The molecule has 0 aliphatic carbocycles. The molecule has 0 bridgehead atoms. The maximum Gasteiger partial charge on any atom is 0.474 e. The molecule has 260 valence electrons. The summed E-state index contributed by atoms with van der Waals surface area (Å²) in [5.41, 5.74) is 0. The number of hydrogen-bond donors (Lipinski definition) is 0. The molecule has 0 aromatic rings. The summed E-state index contributed by atoms with van der Waals surface area (Å²) in [7, 11) is 3.10. The van der Waals surface area contributed by atoms with Gasteiger partial charge < -0.3 is 27.5 Å². The number of unbranched alkanes of at least 4 members (excludes halogenated alkanes) is 2. The Kier molecular flexibility index (Phi) is 28.5. The van der Waals surface area contributed by atoms with E-state index in [0.717, 1.165) is 64.3 Å². The van der Waals surface area contributed by atoms with E-state index in [2.05, 4.69) is 173 Å². The van der Waals surface area contributed by atoms with Gasteiger partial charge in [-0.1, -0.05) is 18.3 Å². The fraction of sp³-hybridized carbons (Fsp3) is 0.442. The quantitative estimate of drug-likeness (QED) is 0.120. The van der Waals surface area contributed by atoms with Crippen molar-refractivity contribution in [3.05, 3.63) is 0 Å². The molecular formula is C43H46N2O4Si2. The van der Waals surface area contributed by atoms with Gasteiger partial charge in [0.1, 0.15) is 12.2 Å². The van der Waals surface area contributed by atoms with Crippen molar-refractivity contribution < 1.29 is 17.7 Å². The Balaban J connectivity index is 5.04. The fourth-order valence-electron chi connectivity index (χ4n) is 3.84. The lowest BCUT2D eigenvalue weighted by molar-refractivity contribution is 0.245. The summed E-state index contributed by atoms with van der Waals surface area (Å²) in [6.45, 7) is 11.6. The third-order valence-corrected chi connectivity index (χ3v) is 12.1. The smallest absolute Gasteiger partial charge is 0.462 e. The normalized spacial score (nSPS) is 8.67. The average molecular weight is 711 g/mol. The Morgan fingerprint density at radius 2 is 0.686 bits per heavy atom. The summed E-state index contributed by atoms with van der Waals surface area (Å²) in [4.78, 5) is 4.76. The van der Waals surface area contributed by atoms with Gasteiger partial charge in [0.25, 0.3) is 0 Å². The molecule has 0 saturated carbocycles. The van der Waals surface area contributed by atoms with Gasteiger partial charge in [0.05, 0.1) is 0 Å². The van der Waals surface area contributed by atoms with Crippen LogP contribution in [0.4, 0.5) is 0 Å². The van der Waals surface area contributed by atoms with E-state index in [9.17, 15) is 0 Å². The van der Waals surface area contributed by atoms with Crippen molar-refractivity contribution in [3.8, 4) is 142 Å². The lowest BCUT2D eigenvalue weighted by atomic mass is 10.3. The lowest BCUT2D eigenvalue weighted by Crippen LogP contribution is -2.36. The van der Waals surface area contributed by atoms with Gasteiger partial charge in [-0.3, -0.25) is 0 Å². The molecule has 8 heteroatoms. The number of rotatable bonds is 18. The SMILES string of the molecule is CC#CC#CC#CC#CC#CC#CO[Si](C)(CCCCN(C)CCCN(C)CCCC[Si](C)(OC)OC)OC#CC#CC#CC#CC#CC#CC. The van der Waals surface area contributed by atoms with Crippen LogP contribution in [0.2, 0.25) is 25.2 Å². The molecule has 0 saturated heterocycles. The maximum atomic E-state index is 5.88. The highest BCUT2D eigenvalue weighted by molar-refractivity contribution is 6.66. The Labute approximate surface area is 311 Å². The first-order chi connectivity index (χ1) is 24.7. The van der Waals surface area contributed by atoms with E-state index < -0.39 is 17.1 Å². The van der Waals surface area contributed by atoms with Gasteiger partial charge in [-0.2, -0.15) is 0 Å². The first kappa shape index (κ1) is 45.6. The molecule has 0 aromatic heterocycles. The molecule has 0 amide bonds. The summed E-state index contributed by atoms with van der Waals surface area (Å²) in [6.07, 6.45) is 10.6. The minimum Gasteiger partial charge on any atom is -0.462 e. The van der Waals surface area contributed by atoms with Crippen molar-refractivity contribution in [2.45, 2.75) is 71.1 Å². The predicted molar refractivity (Wildman–Crippen MR) is 212 cm³/mol. The van der Waals surface area contributed by atoms with Crippen molar-refractivity contribution in [1.29, 1.82) is 0 Å². The topological polar surface area (TPSA) is 43.4 Å². The van der Waals surface area contributed by atoms with Gasteiger partial charge in [0, 0.05) is 86.0 Å². The fourth-order valence-corrected chi connectivity index (χ4v) is 6.98. The molecule has 6 nitrogen and oxygen atoms in total. The van der Waals surface area contributed by atoms with Crippen molar-refractivity contribution in [3.63, 3.8) is 0 Å². The molecule has 51 heavy (non-hydrogen) atoms. The summed E-state index contributed by atoms with van der Waals surface area (Å²) in [6, 6.07) is 1.71. The second-order valence-electron chi connectivity index (χ2n) is 11.0. The zero-order chi connectivity index (χ0) is 37.7. The van der Waals surface area contributed by atoms with Crippen LogP contribution in [0.25, 0.3) is 0 Å². The molecular weight excluding hydrogens is 665 g/mol. The van der Waals surface area contributed by atoms with Crippen molar-refractivity contribution in [1.82, 2.24) is 9.80 Å². The van der Waals surface area contributed by atoms with Gasteiger partial charge in [-0.25, -0.2) is 0 Å². The Hall–Kier alpha value is -5.41. The van der Waals surface area contributed by atoms with Crippen LogP contribution in [-0.4, -0.2) is 81.4 Å². The van der Waals surface area contributed by atoms with Gasteiger partial charge in [-0.15, -0.1) is 0 Å². The zero-order valence-electron chi connectivity index (χ0n) is 31.3. The van der Waals surface area contributed by atoms with E-state index in [1.807, 2.05) is 6.55 Å². The Morgan fingerprint density at radius 1 is 0.392 bits per heavy atom. The van der Waals surface area contributed by atoms with Crippen molar-refractivity contribution in [2.75, 3.05) is 54.5 Å². The van der Waals surface area contributed by atoms with Crippen LogP contribution < -0.4 is 0 Å². The van der Waals surface area contributed by atoms with E-state index in [1.165, 1.54) is 0 Å². The zero-order valence-corrected chi connectivity index (χ0v) is 33.3. The molecule has 0 aromatic carbocycles. The molecule has 0 N–H and O–H groups in total. The summed E-state index contributed by atoms with van der Waals surface area (Å²) >= 11 is 0. The second kappa shape index (κ2) is 31.8. The third kappa shape index (κ3) is 29.2. The number of hydrogen-bond acceptors (Lipinski definition) is 6. The first-order valence-electron chi connectivity index (χ1n) is 16.4. The standard InChI is InChI=1S/C43H46N2O4Si2/c1-9-11-13-15-17-19-21-23-25-27-31-40-48-51(8,49-41-32-28-26-24-22-20-18-16-14-12-10-2)43-34-30-37-45(4)39-35-38-44(3)36-29-33-42-50(7,46-5)47-6/h29-30,33-39,42-43H2,1-8H3. The van der Waals surface area contributed by atoms with Crippen LogP contribution >= 0.6 is 0 Å². The molecule has 0 rings (SSSR count). The molecule has 0 fully saturated rings. The van der Waals surface area contributed by atoms with Crippen LogP contribution in [0.3, 0.4) is 0 Å². The highest BCUT2D eigenvalue weighted by atomic mass is 28.4. The summed E-state index contributed by atoms with van der Waals surface area (Å²) in [5, 5.41) is 0. The molecule has 0 radical (unpaired) electrons. The summed E-state index contributed by atoms with van der Waals surface area (Å²) < 4.78 is 22.9. The highest BCUT2D eigenvalue weighted by Crippen LogP contribution is 2.17. The predicted octanol–water partition coefficient (Wildman–Crippen LogP) is 4.27. The van der Waals surface area contributed by atoms with Crippen LogP contribution in [0.15, 0.2) is 0 Å². The van der Waals surface area contributed by atoms with E-state index >= 15 is 0 Å². The average Bonchev–Trinajstić information content (AvgIpc) is 3.13. The largest absolute Gasteiger partial charge is 0.474 e. The van der Waals surface area contributed by atoms with Gasteiger partial charge in [0.2, 0.25) is 0 Å². The van der Waals surface area contributed by atoms with Crippen LogP contribution in [0, 0.1) is 142 Å². The molecule has 0 unspecified atom stereocenters. The molecule has 0 aliphatic heterocycles. The van der Waals surface area contributed by atoms with Gasteiger partial charge in [0.15, 0.2) is 0 Å². The van der Waals surface area contributed by atoms with Crippen LogP contribution in [0.1, 0.15) is 46.0 Å². The maximum absolute atomic E-state index is 5.88. The Morgan fingerprint density at radius 3 is 1.02 bits per heavy atom. The molecule has 0 spiro atoms. The molecule has 0 aliphatic rings. The first-order valence-corrected chi connectivity index (χ1v) is 21.5. The minimum atomic E-state index is -2.78. The van der Waals surface area contributed by atoms with Gasteiger partial charge in [-0.05, 0) is 152 Å². The van der Waals surface area contributed by atoms with Crippen LogP contribution in [0.5, 0.6) is 0 Å². The van der Waals surface area contributed by atoms with Crippen molar-refractivity contribution >= 4 is 17.1 Å². The Bertz CT molecular complexity index is 1770. The second-order valence-corrected chi connectivity index (χ2v) is 17.7. The van der Waals surface area contributed by atoms with Gasteiger partial charge >= 0.3 is 17.1 Å². The third-order valence-electron chi connectivity index (χ3n) is 6.80. The van der Waals surface area contributed by atoms with Crippen molar-refractivity contribution in [2.24, 2.45) is 0 Å².